The Kier molecular flexibility index (Phi) is 4.86. The number of hydrogen-bond acceptors (Lipinski definition) is 3. The molecule has 4 nitrogen and oxygen atoms in total. The van der Waals surface area contributed by atoms with Crippen LogP contribution in [0.2, 0.25) is 0 Å². The fourth-order valence-electron chi connectivity index (χ4n) is 3.00. The molecule has 25 heavy (non-hydrogen) atoms. The Labute approximate surface area is 146 Å². The molecule has 130 valence electrons. The third-order valence-electron chi connectivity index (χ3n) is 4.01. The molecule has 1 atom stereocenters. The SMILES string of the molecule is Cc1cc(F)cc(-c2ncn(Cc3cccc(O)c3)c2CC(C)O)c1. The van der Waals surface area contributed by atoms with Crippen molar-refractivity contribution in [2.45, 2.75) is 32.9 Å². The molecule has 0 aliphatic heterocycles. The lowest BCUT2D eigenvalue weighted by Gasteiger charge is -2.13. The van der Waals surface area contributed by atoms with Crippen molar-refractivity contribution in [3.05, 3.63) is 71.4 Å². The number of halogens is 1. The first-order valence-corrected chi connectivity index (χ1v) is 8.20. The zero-order valence-electron chi connectivity index (χ0n) is 14.3. The van der Waals surface area contributed by atoms with Crippen molar-refractivity contribution in [2.24, 2.45) is 0 Å². The van der Waals surface area contributed by atoms with Gasteiger partial charge < -0.3 is 14.8 Å². The predicted molar refractivity (Wildman–Crippen MR) is 95.0 cm³/mol. The summed E-state index contributed by atoms with van der Waals surface area (Å²) in [5, 5.41) is 19.5. The molecule has 1 aromatic heterocycles. The minimum atomic E-state index is -0.548. The van der Waals surface area contributed by atoms with E-state index in [2.05, 4.69) is 4.98 Å². The summed E-state index contributed by atoms with van der Waals surface area (Å²) < 4.78 is 15.7. The van der Waals surface area contributed by atoms with Gasteiger partial charge in [-0.2, -0.15) is 0 Å². The molecule has 1 heterocycles. The van der Waals surface area contributed by atoms with Gasteiger partial charge in [0.15, 0.2) is 0 Å². The largest absolute Gasteiger partial charge is 0.508 e. The minimum Gasteiger partial charge on any atom is -0.508 e. The highest BCUT2D eigenvalue weighted by molar-refractivity contribution is 5.63. The summed E-state index contributed by atoms with van der Waals surface area (Å²) in [5.74, 6) is -0.101. The van der Waals surface area contributed by atoms with E-state index in [1.54, 1.807) is 31.5 Å². The number of hydrogen-bond donors (Lipinski definition) is 2. The Balaban J connectivity index is 2.03. The Hall–Kier alpha value is -2.66. The monoisotopic (exact) mass is 340 g/mol. The maximum Gasteiger partial charge on any atom is 0.124 e. The third-order valence-corrected chi connectivity index (χ3v) is 4.01. The lowest BCUT2D eigenvalue weighted by Crippen LogP contribution is -2.11. The van der Waals surface area contributed by atoms with Crippen LogP contribution in [-0.4, -0.2) is 25.9 Å². The molecule has 5 heteroatoms. The van der Waals surface area contributed by atoms with Gasteiger partial charge in [-0.25, -0.2) is 9.37 Å². The first kappa shape index (κ1) is 17.2. The molecule has 0 radical (unpaired) electrons. The molecular weight excluding hydrogens is 319 g/mol. The van der Waals surface area contributed by atoms with Crippen molar-refractivity contribution in [1.82, 2.24) is 9.55 Å². The Morgan fingerprint density at radius 3 is 2.68 bits per heavy atom. The maximum atomic E-state index is 13.8. The van der Waals surface area contributed by atoms with E-state index in [-0.39, 0.29) is 11.6 Å². The van der Waals surface area contributed by atoms with Crippen molar-refractivity contribution in [1.29, 1.82) is 0 Å². The molecule has 0 amide bonds. The van der Waals surface area contributed by atoms with E-state index in [0.717, 1.165) is 16.8 Å². The first-order valence-electron chi connectivity index (χ1n) is 8.20. The topological polar surface area (TPSA) is 58.3 Å². The molecule has 0 fully saturated rings. The third kappa shape index (κ3) is 4.06. The van der Waals surface area contributed by atoms with Gasteiger partial charge in [-0.15, -0.1) is 0 Å². The molecule has 1 unspecified atom stereocenters. The summed E-state index contributed by atoms with van der Waals surface area (Å²) in [6, 6.07) is 11.8. The molecule has 0 aliphatic rings. The molecule has 3 aromatic rings. The standard InChI is InChI=1S/C20H21FN2O2/c1-13-6-16(10-17(21)7-13)20-19(8-14(2)24)23(12-22-20)11-15-4-3-5-18(25)9-15/h3-7,9-10,12,14,24-25H,8,11H2,1-2H3. The summed E-state index contributed by atoms with van der Waals surface area (Å²) >= 11 is 0. The zero-order valence-corrected chi connectivity index (χ0v) is 14.3. The number of benzene rings is 2. The molecule has 2 aromatic carbocycles. The zero-order chi connectivity index (χ0) is 18.0. The van der Waals surface area contributed by atoms with Crippen LogP contribution in [0.1, 0.15) is 23.7 Å². The highest BCUT2D eigenvalue weighted by atomic mass is 19.1. The molecule has 0 bridgehead atoms. The van der Waals surface area contributed by atoms with Crippen LogP contribution in [0.25, 0.3) is 11.3 Å². The number of aromatic nitrogens is 2. The van der Waals surface area contributed by atoms with Crippen molar-refractivity contribution in [3.8, 4) is 17.0 Å². The van der Waals surface area contributed by atoms with E-state index in [0.29, 0.717) is 24.2 Å². The summed E-state index contributed by atoms with van der Waals surface area (Å²) in [7, 11) is 0. The van der Waals surface area contributed by atoms with Gasteiger partial charge in [-0.05, 0) is 55.3 Å². The van der Waals surface area contributed by atoms with Crippen LogP contribution >= 0.6 is 0 Å². The van der Waals surface area contributed by atoms with Crippen LogP contribution in [0, 0.1) is 12.7 Å². The summed E-state index contributed by atoms with van der Waals surface area (Å²) in [6.07, 6.45) is 1.55. The number of phenolic OH excluding ortho intramolecular Hbond substituents is 1. The molecule has 3 rings (SSSR count). The number of aromatic hydroxyl groups is 1. The van der Waals surface area contributed by atoms with E-state index in [9.17, 15) is 14.6 Å². The van der Waals surface area contributed by atoms with Crippen molar-refractivity contribution in [3.63, 3.8) is 0 Å². The molecule has 2 N–H and O–H groups in total. The summed E-state index contributed by atoms with van der Waals surface area (Å²) in [5.41, 5.74) is 3.95. The van der Waals surface area contributed by atoms with E-state index in [4.69, 9.17) is 0 Å². The molecule has 0 aliphatic carbocycles. The fourth-order valence-corrected chi connectivity index (χ4v) is 3.00. The quantitative estimate of drug-likeness (QED) is 0.745. The second-order valence-electron chi connectivity index (χ2n) is 6.41. The average Bonchev–Trinajstić information content (AvgIpc) is 2.88. The van der Waals surface area contributed by atoms with Crippen molar-refractivity contribution >= 4 is 0 Å². The predicted octanol–water partition coefficient (Wildman–Crippen LogP) is 3.67. The van der Waals surface area contributed by atoms with Crippen LogP contribution in [0.15, 0.2) is 48.8 Å². The van der Waals surface area contributed by atoms with Gasteiger partial charge in [0.2, 0.25) is 0 Å². The average molecular weight is 340 g/mol. The molecular formula is C20H21FN2O2. The van der Waals surface area contributed by atoms with Gasteiger partial charge in [-0.3, -0.25) is 0 Å². The number of rotatable bonds is 5. The van der Waals surface area contributed by atoms with Gasteiger partial charge in [0.05, 0.1) is 18.1 Å². The van der Waals surface area contributed by atoms with E-state index in [1.807, 2.05) is 23.6 Å². The highest BCUT2D eigenvalue weighted by Gasteiger charge is 2.16. The van der Waals surface area contributed by atoms with Crippen LogP contribution in [0.4, 0.5) is 4.39 Å². The summed E-state index contributed by atoms with van der Waals surface area (Å²) in [4.78, 5) is 4.46. The maximum absolute atomic E-state index is 13.8. The molecule has 0 saturated carbocycles. The Bertz CT molecular complexity index is 867. The Morgan fingerprint density at radius 2 is 2.00 bits per heavy atom. The van der Waals surface area contributed by atoms with Crippen molar-refractivity contribution < 1.29 is 14.6 Å². The lowest BCUT2D eigenvalue weighted by atomic mass is 10.0. The highest BCUT2D eigenvalue weighted by Crippen LogP contribution is 2.26. The van der Waals surface area contributed by atoms with Gasteiger partial charge >= 0.3 is 0 Å². The second-order valence-corrected chi connectivity index (χ2v) is 6.41. The first-order chi connectivity index (χ1) is 11.9. The number of aliphatic hydroxyl groups excluding tert-OH is 1. The van der Waals surface area contributed by atoms with Crippen LogP contribution in [0.3, 0.4) is 0 Å². The minimum absolute atomic E-state index is 0.204. The normalized spacial score (nSPS) is 12.3. The van der Waals surface area contributed by atoms with Gasteiger partial charge in [-0.1, -0.05) is 12.1 Å². The molecule has 0 saturated heterocycles. The lowest BCUT2D eigenvalue weighted by molar-refractivity contribution is 0.193. The van der Waals surface area contributed by atoms with Gasteiger partial charge in [0, 0.05) is 24.2 Å². The van der Waals surface area contributed by atoms with E-state index in [1.165, 1.54) is 12.1 Å². The number of imidazole rings is 1. The molecule has 0 spiro atoms. The van der Waals surface area contributed by atoms with Crippen LogP contribution in [-0.2, 0) is 13.0 Å². The van der Waals surface area contributed by atoms with Gasteiger partial charge in [0.1, 0.15) is 11.6 Å². The number of aryl methyl sites for hydroxylation is 1. The number of phenols is 1. The van der Waals surface area contributed by atoms with Crippen molar-refractivity contribution in [2.75, 3.05) is 0 Å². The van der Waals surface area contributed by atoms with Crippen LogP contribution in [0.5, 0.6) is 5.75 Å². The fraction of sp³-hybridized carbons (Fsp3) is 0.250. The Morgan fingerprint density at radius 1 is 1.20 bits per heavy atom. The van der Waals surface area contributed by atoms with Crippen LogP contribution < -0.4 is 0 Å². The smallest absolute Gasteiger partial charge is 0.124 e. The van der Waals surface area contributed by atoms with E-state index >= 15 is 0 Å². The van der Waals surface area contributed by atoms with Gasteiger partial charge in [0.25, 0.3) is 0 Å². The number of aliphatic hydroxyl groups is 1. The van der Waals surface area contributed by atoms with E-state index < -0.39 is 6.10 Å². The number of nitrogens with zero attached hydrogens (tertiary/aromatic N) is 2. The summed E-state index contributed by atoms with van der Waals surface area (Å²) in [6.45, 7) is 4.06. The second kappa shape index (κ2) is 7.07.